The number of aromatic nitrogens is 2. The van der Waals surface area contributed by atoms with Crippen LogP contribution in [0.5, 0.6) is 0 Å². The van der Waals surface area contributed by atoms with Crippen LogP contribution in [-0.4, -0.2) is 42.0 Å². The number of aliphatic imine (C=N–C) groups is 1. The van der Waals surface area contributed by atoms with Crippen LogP contribution in [0.25, 0.3) is 10.2 Å². The molecule has 9 nitrogen and oxygen atoms in total. The van der Waals surface area contributed by atoms with Gasteiger partial charge in [0.1, 0.15) is 10.7 Å². The number of thioether (sulfide) groups is 1. The fourth-order valence-corrected chi connectivity index (χ4v) is 8.09. The maximum absolute atomic E-state index is 13.3. The van der Waals surface area contributed by atoms with Crippen molar-refractivity contribution >= 4 is 60.8 Å². The second kappa shape index (κ2) is 11.6. The first-order valence-corrected chi connectivity index (χ1v) is 16.3. The van der Waals surface area contributed by atoms with E-state index in [4.69, 9.17) is 4.98 Å². The van der Waals surface area contributed by atoms with Gasteiger partial charge in [0.15, 0.2) is 5.16 Å². The van der Waals surface area contributed by atoms with Gasteiger partial charge in [-0.2, -0.15) is 0 Å². The molecule has 0 spiro atoms. The number of nitrogens with zero attached hydrogens (tertiary/aromatic N) is 3. The summed E-state index contributed by atoms with van der Waals surface area (Å²) in [6, 6.07) is 6.17. The highest BCUT2D eigenvalue weighted by atomic mass is 32.2. The Morgan fingerprint density at radius 3 is 2.87 bits per heavy atom. The van der Waals surface area contributed by atoms with Crippen LogP contribution in [0.3, 0.4) is 0 Å². The summed E-state index contributed by atoms with van der Waals surface area (Å²) in [5.74, 6) is 0.210. The number of carbonyl (C=O) groups excluding carboxylic acids is 1. The van der Waals surface area contributed by atoms with Crippen molar-refractivity contribution in [1.82, 2.24) is 14.3 Å². The number of fused-ring (bicyclic) bond motifs is 3. The fraction of sp³-hybridized carbons (Fsp3) is 0.462. The van der Waals surface area contributed by atoms with Crippen LogP contribution in [-0.2, 0) is 34.2 Å². The number of rotatable bonds is 8. The molecular formula is C26H31N5O4S3. The van der Waals surface area contributed by atoms with E-state index >= 15 is 0 Å². The van der Waals surface area contributed by atoms with E-state index in [2.05, 4.69) is 15.0 Å². The summed E-state index contributed by atoms with van der Waals surface area (Å²) in [7, 11) is -3.81. The number of amides is 1. The Morgan fingerprint density at radius 1 is 1.16 bits per heavy atom. The van der Waals surface area contributed by atoms with Crippen molar-refractivity contribution in [3.8, 4) is 0 Å². The molecule has 202 valence electrons. The summed E-state index contributed by atoms with van der Waals surface area (Å²) >= 11 is 2.81. The van der Waals surface area contributed by atoms with Gasteiger partial charge in [-0.3, -0.25) is 23.9 Å². The van der Waals surface area contributed by atoms with Crippen molar-refractivity contribution < 1.29 is 13.2 Å². The molecule has 38 heavy (non-hydrogen) atoms. The number of hydrogen-bond acceptors (Lipinski definition) is 8. The zero-order valence-corrected chi connectivity index (χ0v) is 23.7. The van der Waals surface area contributed by atoms with Crippen molar-refractivity contribution in [2.24, 2.45) is 4.99 Å². The zero-order chi connectivity index (χ0) is 26.7. The van der Waals surface area contributed by atoms with Crippen molar-refractivity contribution in [1.29, 1.82) is 0 Å². The molecule has 1 aliphatic heterocycles. The average molecular weight is 574 g/mol. The number of benzene rings is 1. The molecule has 2 N–H and O–H groups in total. The van der Waals surface area contributed by atoms with Crippen LogP contribution >= 0.6 is 23.1 Å². The van der Waals surface area contributed by atoms with E-state index < -0.39 is 10.0 Å². The minimum atomic E-state index is -3.81. The second-order valence-electron chi connectivity index (χ2n) is 9.50. The summed E-state index contributed by atoms with van der Waals surface area (Å²) < 4.78 is 30.1. The minimum Gasteiger partial charge on any atom is -0.325 e. The van der Waals surface area contributed by atoms with Crippen LogP contribution < -0.4 is 15.6 Å². The largest absolute Gasteiger partial charge is 0.325 e. The number of nitrogens with one attached hydrogen (secondary N) is 2. The van der Waals surface area contributed by atoms with Gasteiger partial charge in [-0.15, -0.1) is 11.3 Å². The highest BCUT2D eigenvalue weighted by molar-refractivity contribution is 7.99. The van der Waals surface area contributed by atoms with Gasteiger partial charge < -0.3 is 5.32 Å². The molecule has 1 aliphatic carbocycles. The molecule has 0 saturated carbocycles. The van der Waals surface area contributed by atoms with Crippen molar-refractivity contribution in [3.05, 3.63) is 45.1 Å². The number of anilines is 1. The molecule has 1 aromatic carbocycles. The van der Waals surface area contributed by atoms with Crippen LogP contribution in [0, 0.1) is 0 Å². The third kappa shape index (κ3) is 5.81. The lowest BCUT2D eigenvalue weighted by Gasteiger charge is -2.12. The number of sulfonamides is 1. The normalized spacial score (nSPS) is 15.7. The molecule has 5 rings (SSSR count). The highest BCUT2D eigenvalue weighted by Gasteiger charge is 2.24. The summed E-state index contributed by atoms with van der Waals surface area (Å²) in [4.78, 5) is 37.3. The molecule has 0 radical (unpaired) electrons. The molecular weight excluding hydrogens is 543 g/mol. The number of thiophene rings is 1. The average Bonchev–Trinajstić information content (AvgIpc) is 3.38. The maximum atomic E-state index is 13.3. The standard InChI is InChI=1S/C26H31N5O4S3/c1-2-14-31-25(33)23-19-10-7-11-20(19)37-24(23)29-26(31)36-16-22(32)28-17-8-6-9-18(15-17)38(34,35)30-21-12-4-3-5-13-27-21/h6,8-9,15H,2-5,7,10-14,16H2,1H3,(H,27,30)(H,28,32). The molecule has 1 amide bonds. The SMILES string of the molecule is CCCn1c(SCC(=O)Nc2cccc(S(=O)(=O)NC3=NCCCCC3)c2)nc2sc3c(c2c1=O)CCC3. The summed E-state index contributed by atoms with van der Waals surface area (Å²) in [6.07, 6.45) is 7.26. The van der Waals surface area contributed by atoms with E-state index in [1.54, 1.807) is 28.0 Å². The lowest BCUT2D eigenvalue weighted by molar-refractivity contribution is -0.113. The van der Waals surface area contributed by atoms with E-state index in [9.17, 15) is 18.0 Å². The summed E-state index contributed by atoms with van der Waals surface area (Å²) in [6.45, 7) is 3.16. The Morgan fingerprint density at radius 2 is 2.03 bits per heavy atom. The zero-order valence-electron chi connectivity index (χ0n) is 21.3. The molecule has 0 fully saturated rings. The Bertz CT molecular complexity index is 1560. The highest BCUT2D eigenvalue weighted by Crippen LogP contribution is 2.35. The van der Waals surface area contributed by atoms with Gasteiger partial charge in [-0.05, 0) is 62.3 Å². The molecule has 2 aromatic heterocycles. The van der Waals surface area contributed by atoms with Crippen molar-refractivity contribution in [3.63, 3.8) is 0 Å². The van der Waals surface area contributed by atoms with Crippen LogP contribution in [0.2, 0.25) is 0 Å². The van der Waals surface area contributed by atoms with E-state index in [0.29, 0.717) is 36.2 Å². The molecule has 0 atom stereocenters. The molecule has 0 bridgehead atoms. The summed E-state index contributed by atoms with van der Waals surface area (Å²) in [5, 5.41) is 4.05. The van der Waals surface area contributed by atoms with E-state index in [-0.39, 0.29) is 22.1 Å². The van der Waals surface area contributed by atoms with Gasteiger partial charge in [-0.1, -0.05) is 31.2 Å². The van der Waals surface area contributed by atoms with Crippen molar-refractivity contribution in [2.75, 3.05) is 17.6 Å². The monoisotopic (exact) mass is 573 g/mol. The van der Waals surface area contributed by atoms with Gasteiger partial charge in [0, 0.05) is 30.1 Å². The Labute approximate surface area is 230 Å². The lowest BCUT2D eigenvalue weighted by Crippen LogP contribution is -2.30. The lowest BCUT2D eigenvalue weighted by atomic mass is 10.2. The molecule has 2 aliphatic rings. The third-order valence-corrected chi connectivity index (χ3v) is 10.2. The van der Waals surface area contributed by atoms with Gasteiger partial charge in [0.2, 0.25) is 5.91 Å². The van der Waals surface area contributed by atoms with Crippen LogP contribution in [0.4, 0.5) is 5.69 Å². The Hall–Kier alpha value is -2.70. The van der Waals surface area contributed by atoms with E-state index in [1.165, 1.54) is 28.8 Å². The number of amidine groups is 1. The number of aryl methyl sites for hydroxylation is 2. The predicted molar refractivity (Wildman–Crippen MR) is 153 cm³/mol. The number of carbonyl (C=O) groups is 1. The topological polar surface area (TPSA) is 123 Å². The summed E-state index contributed by atoms with van der Waals surface area (Å²) in [5.41, 5.74) is 1.50. The van der Waals surface area contributed by atoms with Gasteiger partial charge in [0.25, 0.3) is 15.6 Å². The van der Waals surface area contributed by atoms with Gasteiger partial charge >= 0.3 is 0 Å². The molecule has 0 unspecified atom stereocenters. The van der Waals surface area contributed by atoms with Crippen molar-refractivity contribution in [2.45, 2.75) is 74.9 Å². The van der Waals surface area contributed by atoms with Gasteiger partial charge in [0.05, 0.1) is 16.0 Å². The molecule has 12 heteroatoms. The van der Waals surface area contributed by atoms with Crippen LogP contribution in [0.15, 0.2) is 44.1 Å². The fourth-order valence-electron chi connectivity index (χ4n) is 4.83. The smallest absolute Gasteiger partial charge is 0.263 e. The number of hydrogen-bond donors (Lipinski definition) is 2. The minimum absolute atomic E-state index is 0.0251. The Balaban J connectivity index is 1.29. The molecule has 0 saturated heterocycles. The maximum Gasteiger partial charge on any atom is 0.263 e. The third-order valence-electron chi connectivity index (χ3n) is 6.62. The van der Waals surface area contributed by atoms with Crippen LogP contribution in [0.1, 0.15) is 55.9 Å². The second-order valence-corrected chi connectivity index (χ2v) is 13.2. The van der Waals surface area contributed by atoms with E-state index in [0.717, 1.165) is 60.7 Å². The van der Waals surface area contributed by atoms with Gasteiger partial charge in [-0.25, -0.2) is 13.4 Å². The molecule has 3 heterocycles. The first-order valence-electron chi connectivity index (χ1n) is 13.0. The quantitative estimate of drug-likeness (QED) is 0.305. The van der Waals surface area contributed by atoms with E-state index in [1.807, 2.05) is 6.92 Å². The first-order chi connectivity index (χ1) is 18.4. The molecule has 3 aromatic rings. The first kappa shape index (κ1) is 26.9. The Kier molecular flexibility index (Phi) is 8.20. The predicted octanol–water partition coefficient (Wildman–Crippen LogP) is 4.34.